The first-order chi connectivity index (χ1) is 7.07. The first-order valence-corrected chi connectivity index (χ1v) is 5.04. The molecule has 1 saturated heterocycles. The van der Waals surface area contributed by atoms with E-state index in [0.29, 0.717) is 11.3 Å². The van der Waals surface area contributed by atoms with Crippen LogP contribution in [0.1, 0.15) is 11.7 Å². The van der Waals surface area contributed by atoms with Gasteiger partial charge >= 0.3 is 5.97 Å². The van der Waals surface area contributed by atoms with E-state index in [1.165, 1.54) is 7.11 Å². The Labute approximate surface area is 96.9 Å². The summed E-state index contributed by atoms with van der Waals surface area (Å²) < 4.78 is 8.52. The summed E-state index contributed by atoms with van der Waals surface area (Å²) in [7, 11) is 1.53. The SMILES string of the molecule is COc1ccccc1C1OC(=O)C1(Cl)Cl. The lowest BCUT2D eigenvalue weighted by Crippen LogP contribution is -2.48. The summed E-state index contributed by atoms with van der Waals surface area (Å²) in [6.07, 6.45) is -0.663. The Morgan fingerprint density at radius 3 is 2.60 bits per heavy atom. The number of carbonyl (C=O) groups excluding carboxylic acids is 1. The van der Waals surface area contributed by atoms with Gasteiger partial charge in [0.1, 0.15) is 5.75 Å². The van der Waals surface area contributed by atoms with E-state index in [1.807, 2.05) is 6.07 Å². The second-order valence-corrected chi connectivity index (χ2v) is 4.54. The second-order valence-electron chi connectivity index (χ2n) is 3.15. The molecule has 0 aliphatic carbocycles. The molecule has 0 aromatic heterocycles. The first kappa shape index (κ1) is 10.6. The van der Waals surface area contributed by atoms with E-state index >= 15 is 0 Å². The number of alkyl halides is 2. The van der Waals surface area contributed by atoms with Gasteiger partial charge in [-0.15, -0.1) is 0 Å². The maximum absolute atomic E-state index is 11.0. The smallest absolute Gasteiger partial charge is 0.347 e. The highest BCUT2D eigenvalue weighted by molar-refractivity contribution is 6.59. The molecule has 2 rings (SSSR count). The fourth-order valence-electron chi connectivity index (χ4n) is 1.45. The molecule has 1 heterocycles. The number of ether oxygens (including phenoxy) is 2. The molecule has 1 fully saturated rings. The zero-order valence-corrected chi connectivity index (χ0v) is 9.38. The number of carbonyl (C=O) groups is 1. The van der Waals surface area contributed by atoms with Crippen molar-refractivity contribution in [2.24, 2.45) is 0 Å². The van der Waals surface area contributed by atoms with Crippen LogP contribution < -0.4 is 4.74 Å². The van der Waals surface area contributed by atoms with Crippen LogP contribution in [-0.2, 0) is 9.53 Å². The molecule has 0 bridgehead atoms. The molecular weight excluding hydrogens is 239 g/mol. The van der Waals surface area contributed by atoms with Gasteiger partial charge in [-0.3, -0.25) is 0 Å². The van der Waals surface area contributed by atoms with Crippen LogP contribution in [0.3, 0.4) is 0 Å². The van der Waals surface area contributed by atoms with E-state index < -0.39 is 16.4 Å². The van der Waals surface area contributed by atoms with Crippen molar-refractivity contribution < 1.29 is 14.3 Å². The topological polar surface area (TPSA) is 35.5 Å². The molecule has 1 aromatic carbocycles. The van der Waals surface area contributed by atoms with Gasteiger partial charge in [-0.25, -0.2) is 4.79 Å². The van der Waals surface area contributed by atoms with Gasteiger partial charge in [-0.05, 0) is 6.07 Å². The predicted molar refractivity (Wildman–Crippen MR) is 56.3 cm³/mol. The number of rotatable bonds is 2. The van der Waals surface area contributed by atoms with Crippen LogP contribution >= 0.6 is 23.2 Å². The van der Waals surface area contributed by atoms with Crippen molar-refractivity contribution in [1.29, 1.82) is 0 Å². The number of methoxy groups -OCH3 is 1. The summed E-state index contributed by atoms with van der Waals surface area (Å²) >= 11 is 11.6. The molecule has 15 heavy (non-hydrogen) atoms. The van der Waals surface area contributed by atoms with Crippen LogP contribution in [0.4, 0.5) is 0 Å². The molecule has 0 spiro atoms. The van der Waals surface area contributed by atoms with E-state index in [0.717, 1.165) is 0 Å². The van der Waals surface area contributed by atoms with Gasteiger partial charge in [-0.1, -0.05) is 41.4 Å². The highest BCUT2D eigenvalue weighted by Gasteiger charge is 2.57. The average molecular weight is 247 g/mol. The highest BCUT2D eigenvalue weighted by Crippen LogP contribution is 2.50. The van der Waals surface area contributed by atoms with E-state index in [4.69, 9.17) is 32.7 Å². The van der Waals surface area contributed by atoms with Crippen molar-refractivity contribution in [3.8, 4) is 5.75 Å². The third-order valence-electron chi connectivity index (χ3n) is 2.25. The lowest BCUT2D eigenvalue weighted by atomic mass is 10.0. The van der Waals surface area contributed by atoms with Gasteiger partial charge in [-0.2, -0.15) is 0 Å². The summed E-state index contributed by atoms with van der Waals surface area (Å²) in [6, 6.07) is 7.13. The van der Waals surface area contributed by atoms with Gasteiger partial charge in [0, 0.05) is 5.56 Å². The van der Waals surface area contributed by atoms with Crippen molar-refractivity contribution in [3.05, 3.63) is 29.8 Å². The van der Waals surface area contributed by atoms with E-state index in [-0.39, 0.29) is 0 Å². The molecular formula is C10H8Cl2O3. The Hall–Kier alpha value is -0.930. The quantitative estimate of drug-likeness (QED) is 0.594. The largest absolute Gasteiger partial charge is 0.496 e. The van der Waals surface area contributed by atoms with Gasteiger partial charge in [0.15, 0.2) is 6.10 Å². The monoisotopic (exact) mass is 246 g/mol. The lowest BCUT2D eigenvalue weighted by molar-refractivity contribution is -0.172. The maximum Gasteiger partial charge on any atom is 0.347 e. The van der Waals surface area contributed by atoms with Crippen LogP contribution in [0.2, 0.25) is 0 Å². The predicted octanol–water partition coefficient (Wildman–Crippen LogP) is 2.47. The minimum Gasteiger partial charge on any atom is -0.496 e. The number of hydrogen-bond acceptors (Lipinski definition) is 3. The number of benzene rings is 1. The number of halogens is 2. The fourth-order valence-corrected chi connectivity index (χ4v) is 1.86. The Morgan fingerprint density at radius 2 is 2.07 bits per heavy atom. The molecule has 1 aromatic rings. The number of hydrogen-bond donors (Lipinski definition) is 0. The molecule has 1 unspecified atom stereocenters. The fraction of sp³-hybridized carbons (Fsp3) is 0.300. The van der Waals surface area contributed by atoms with Gasteiger partial charge in [0.2, 0.25) is 0 Å². The summed E-state index contributed by atoms with van der Waals surface area (Å²) in [6.45, 7) is 0. The van der Waals surface area contributed by atoms with E-state index in [9.17, 15) is 4.79 Å². The van der Waals surface area contributed by atoms with Crippen LogP contribution in [0.15, 0.2) is 24.3 Å². The van der Waals surface area contributed by atoms with Gasteiger partial charge in [0.05, 0.1) is 7.11 Å². The minimum absolute atomic E-state index is 0.598. The number of esters is 1. The minimum atomic E-state index is -1.51. The molecule has 5 heteroatoms. The Balaban J connectivity index is 2.35. The van der Waals surface area contributed by atoms with E-state index in [1.54, 1.807) is 18.2 Å². The third kappa shape index (κ3) is 1.56. The third-order valence-corrected chi connectivity index (χ3v) is 2.95. The normalized spacial score (nSPS) is 22.9. The zero-order valence-electron chi connectivity index (χ0n) is 7.87. The second kappa shape index (κ2) is 3.58. The standard InChI is InChI=1S/C10H8Cl2O3/c1-14-7-5-3-2-4-6(7)8-10(11,12)9(13)15-8/h2-5,8H,1H3. The molecule has 0 radical (unpaired) electrons. The van der Waals surface area contributed by atoms with Gasteiger partial charge in [0.25, 0.3) is 4.33 Å². The van der Waals surface area contributed by atoms with Crippen molar-refractivity contribution in [2.45, 2.75) is 10.4 Å². The van der Waals surface area contributed by atoms with Crippen molar-refractivity contribution in [3.63, 3.8) is 0 Å². The maximum atomic E-state index is 11.0. The van der Waals surface area contributed by atoms with Crippen molar-refractivity contribution in [2.75, 3.05) is 7.11 Å². The summed E-state index contributed by atoms with van der Waals surface area (Å²) in [4.78, 5) is 11.0. The van der Waals surface area contributed by atoms with Crippen molar-refractivity contribution in [1.82, 2.24) is 0 Å². The number of cyclic esters (lactones) is 1. The molecule has 1 aliphatic rings. The lowest BCUT2D eigenvalue weighted by Gasteiger charge is -2.38. The molecule has 3 nitrogen and oxygen atoms in total. The van der Waals surface area contributed by atoms with Crippen molar-refractivity contribution >= 4 is 29.2 Å². The summed E-state index contributed by atoms with van der Waals surface area (Å²) in [5.74, 6) is -0.0255. The Bertz CT molecular complexity index is 403. The van der Waals surface area contributed by atoms with Crippen LogP contribution in [-0.4, -0.2) is 17.4 Å². The van der Waals surface area contributed by atoms with Gasteiger partial charge < -0.3 is 9.47 Å². The summed E-state index contributed by atoms with van der Waals surface area (Å²) in [5.41, 5.74) is 0.671. The molecule has 0 N–H and O–H groups in total. The van der Waals surface area contributed by atoms with Crippen LogP contribution in [0.25, 0.3) is 0 Å². The van der Waals surface area contributed by atoms with Crippen LogP contribution in [0, 0.1) is 0 Å². The highest BCUT2D eigenvalue weighted by atomic mass is 35.5. The van der Waals surface area contributed by atoms with Crippen LogP contribution in [0.5, 0.6) is 5.75 Å². The number of para-hydroxylation sites is 1. The molecule has 0 saturated carbocycles. The molecule has 0 amide bonds. The summed E-state index contributed by atoms with van der Waals surface area (Å²) in [5, 5.41) is 0. The Morgan fingerprint density at radius 1 is 1.40 bits per heavy atom. The molecule has 1 aliphatic heterocycles. The average Bonchev–Trinajstić information content (AvgIpc) is 2.25. The molecule has 80 valence electrons. The molecule has 1 atom stereocenters. The zero-order chi connectivity index (χ0) is 11.1. The first-order valence-electron chi connectivity index (χ1n) is 4.29. The Kier molecular flexibility index (Phi) is 2.52. The van der Waals surface area contributed by atoms with E-state index in [2.05, 4.69) is 0 Å².